The molecule has 0 aliphatic carbocycles. The molecule has 3 N–H and O–H groups in total. The molecule has 24 heavy (non-hydrogen) atoms. The van der Waals surface area contributed by atoms with Crippen molar-refractivity contribution in [3.63, 3.8) is 0 Å². The molecular formula is C16H22N2O6. The molecule has 1 rings (SSSR count). The second-order valence-electron chi connectivity index (χ2n) is 4.79. The van der Waals surface area contributed by atoms with Crippen LogP contribution in [0.4, 0.5) is 4.79 Å². The quantitative estimate of drug-likeness (QED) is 0.522. The number of esters is 1. The lowest BCUT2D eigenvalue weighted by Gasteiger charge is -2.13. The van der Waals surface area contributed by atoms with Gasteiger partial charge in [0.2, 0.25) is 0 Å². The third kappa shape index (κ3) is 6.55. The van der Waals surface area contributed by atoms with Crippen molar-refractivity contribution in [2.45, 2.75) is 26.7 Å². The average molecular weight is 338 g/mol. The summed E-state index contributed by atoms with van der Waals surface area (Å²) < 4.78 is 15.9. The van der Waals surface area contributed by atoms with Crippen LogP contribution in [0.5, 0.6) is 11.5 Å². The largest absolute Gasteiger partial charge is 0.490 e. The summed E-state index contributed by atoms with van der Waals surface area (Å²) in [5.74, 6) is -0.575. The molecule has 8 heteroatoms. The predicted molar refractivity (Wildman–Crippen MR) is 86.0 cm³/mol. The molecule has 0 fully saturated rings. The number of rotatable bonds is 9. The van der Waals surface area contributed by atoms with E-state index in [-0.39, 0.29) is 5.56 Å². The number of primary amides is 1. The molecule has 0 saturated heterocycles. The fourth-order valence-corrected chi connectivity index (χ4v) is 1.74. The zero-order valence-electron chi connectivity index (χ0n) is 13.8. The Kier molecular flexibility index (Phi) is 8.10. The fraction of sp³-hybridized carbons (Fsp3) is 0.438. The first-order chi connectivity index (χ1) is 11.5. The van der Waals surface area contributed by atoms with Gasteiger partial charge in [-0.25, -0.2) is 9.59 Å². The summed E-state index contributed by atoms with van der Waals surface area (Å²) in [4.78, 5) is 33.7. The van der Waals surface area contributed by atoms with E-state index >= 15 is 0 Å². The molecule has 0 heterocycles. The summed E-state index contributed by atoms with van der Waals surface area (Å²) in [7, 11) is 0. The van der Waals surface area contributed by atoms with E-state index in [4.69, 9.17) is 19.9 Å². The van der Waals surface area contributed by atoms with Crippen LogP contribution in [-0.4, -0.2) is 37.7 Å². The number of benzene rings is 1. The van der Waals surface area contributed by atoms with E-state index < -0.39 is 24.5 Å². The molecule has 3 amide bonds. The lowest BCUT2D eigenvalue weighted by molar-refractivity contribution is -0.123. The number of hydrogen-bond donors (Lipinski definition) is 2. The van der Waals surface area contributed by atoms with Gasteiger partial charge in [0, 0.05) is 0 Å². The van der Waals surface area contributed by atoms with Crippen LogP contribution < -0.4 is 20.5 Å². The molecule has 0 spiro atoms. The molecule has 1 aromatic rings. The monoisotopic (exact) mass is 338 g/mol. The van der Waals surface area contributed by atoms with Crippen molar-refractivity contribution in [1.82, 2.24) is 5.32 Å². The van der Waals surface area contributed by atoms with Crippen LogP contribution in [0.15, 0.2) is 18.2 Å². The van der Waals surface area contributed by atoms with Crippen LogP contribution in [-0.2, 0) is 9.53 Å². The zero-order chi connectivity index (χ0) is 17.9. The Morgan fingerprint density at radius 3 is 2.50 bits per heavy atom. The normalized spacial score (nSPS) is 9.92. The van der Waals surface area contributed by atoms with E-state index in [1.807, 2.05) is 6.92 Å². The third-order valence-corrected chi connectivity index (χ3v) is 2.83. The highest BCUT2D eigenvalue weighted by molar-refractivity contribution is 5.96. The second-order valence-corrected chi connectivity index (χ2v) is 4.79. The van der Waals surface area contributed by atoms with Crippen molar-refractivity contribution in [2.75, 3.05) is 19.8 Å². The van der Waals surface area contributed by atoms with E-state index in [0.717, 1.165) is 12.8 Å². The van der Waals surface area contributed by atoms with E-state index in [2.05, 4.69) is 6.92 Å². The lowest BCUT2D eigenvalue weighted by atomic mass is 10.2. The minimum absolute atomic E-state index is 0.202. The van der Waals surface area contributed by atoms with Crippen LogP contribution in [0.1, 0.15) is 37.0 Å². The van der Waals surface area contributed by atoms with Gasteiger partial charge in [-0.3, -0.25) is 10.1 Å². The van der Waals surface area contributed by atoms with Crippen LogP contribution >= 0.6 is 0 Å². The first kappa shape index (κ1) is 19.3. The Morgan fingerprint density at radius 1 is 1.12 bits per heavy atom. The van der Waals surface area contributed by atoms with E-state index in [1.165, 1.54) is 12.1 Å². The number of carbonyl (C=O) groups excluding carboxylic acids is 3. The van der Waals surface area contributed by atoms with E-state index in [9.17, 15) is 14.4 Å². The number of hydrogen-bond acceptors (Lipinski definition) is 6. The van der Waals surface area contributed by atoms with Crippen molar-refractivity contribution in [2.24, 2.45) is 5.73 Å². The maximum atomic E-state index is 11.9. The molecule has 0 aromatic heterocycles. The smallest absolute Gasteiger partial charge is 0.338 e. The summed E-state index contributed by atoms with van der Waals surface area (Å²) in [6.07, 6.45) is 1.91. The fourth-order valence-electron chi connectivity index (χ4n) is 1.74. The number of carbonyl (C=O) groups is 3. The number of nitrogens with one attached hydrogen (secondary N) is 1. The minimum atomic E-state index is -1.01. The molecule has 0 saturated carbocycles. The highest BCUT2D eigenvalue weighted by Crippen LogP contribution is 2.29. The number of urea groups is 1. The summed E-state index contributed by atoms with van der Waals surface area (Å²) in [5.41, 5.74) is 4.99. The summed E-state index contributed by atoms with van der Waals surface area (Å²) in [6.45, 7) is 4.22. The Balaban J connectivity index is 2.73. The summed E-state index contributed by atoms with van der Waals surface area (Å²) in [5, 5.41) is 1.80. The van der Waals surface area contributed by atoms with Gasteiger partial charge in [0.15, 0.2) is 18.1 Å². The Morgan fingerprint density at radius 2 is 1.88 bits per heavy atom. The van der Waals surface area contributed by atoms with Crippen molar-refractivity contribution >= 4 is 17.9 Å². The Hall–Kier alpha value is -2.77. The highest BCUT2D eigenvalue weighted by atomic mass is 16.5. The summed E-state index contributed by atoms with van der Waals surface area (Å²) >= 11 is 0. The van der Waals surface area contributed by atoms with Gasteiger partial charge in [-0.1, -0.05) is 13.3 Å². The molecule has 0 unspecified atom stereocenters. The average Bonchev–Trinajstić information content (AvgIpc) is 2.53. The SMILES string of the molecule is CCCCOc1ccc(C(=O)OCC(=O)NC(N)=O)cc1OCC. The molecule has 1 aromatic carbocycles. The molecule has 0 aliphatic heterocycles. The maximum Gasteiger partial charge on any atom is 0.338 e. The first-order valence-electron chi connectivity index (χ1n) is 7.64. The molecule has 132 valence electrons. The lowest BCUT2D eigenvalue weighted by Crippen LogP contribution is -2.37. The predicted octanol–water partition coefficient (Wildman–Crippen LogP) is 1.62. The number of amides is 3. The second kappa shape index (κ2) is 10.1. The molecule has 0 aliphatic rings. The Bertz CT molecular complexity index is 588. The van der Waals surface area contributed by atoms with Gasteiger partial charge in [0.05, 0.1) is 18.8 Å². The Labute approximate surface area is 140 Å². The van der Waals surface area contributed by atoms with E-state index in [0.29, 0.717) is 24.7 Å². The van der Waals surface area contributed by atoms with Crippen LogP contribution in [0.2, 0.25) is 0 Å². The van der Waals surface area contributed by atoms with Crippen LogP contribution in [0, 0.1) is 0 Å². The summed E-state index contributed by atoms with van der Waals surface area (Å²) in [6, 6.07) is 3.60. The number of unbranched alkanes of at least 4 members (excludes halogenated alkanes) is 1. The van der Waals surface area contributed by atoms with Gasteiger partial charge in [0.25, 0.3) is 5.91 Å². The van der Waals surface area contributed by atoms with Gasteiger partial charge in [-0.2, -0.15) is 0 Å². The first-order valence-corrected chi connectivity index (χ1v) is 7.64. The van der Waals surface area contributed by atoms with Gasteiger partial charge in [-0.05, 0) is 31.5 Å². The standard InChI is InChI=1S/C16H22N2O6/c1-3-5-8-23-12-7-6-11(9-13(12)22-4-2)15(20)24-10-14(19)18-16(17)21/h6-7,9H,3-5,8,10H2,1-2H3,(H3,17,18,19,21). The van der Waals surface area contributed by atoms with Gasteiger partial charge in [-0.15, -0.1) is 0 Å². The zero-order valence-corrected chi connectivity index (χ0v) is 13.8. The van der Waals surface area contributed by atoms with E-state index in [1.54, 1.807) is 11.4 Å². The molecule has 0 atom stereocenters. The topological polar surface area (TPSA) is 117 Å². The third-order valence-electron chi connectivity index (χ3n) is 2.83. The molecule has 0 bridgehead atoms. The van der Waals surface area contributed by atoms with Gasteiger partial charge in [0.1, 0.15) is 0 Å². The number of nitrogens with two attached hydrogens (primary N) is 1. The van der Waals surface area contributed by atoms with Crippen molar-refractivity contribution < 1.29 is 28.6 Å². The maximum absolute atomic E-state index is 11.9. The van der Waals surface area contributed by atoms with Crippen LogP contribution in [0.25, 0.3) is 0 Å². The van der Waals surface area contributed by atoms with Crippen molar-refractivity contribution in [1.29, 1.82) is 0 Å². The van der Waals surface area contributed by atoms with Crippen LogP contribution in [0.3, 0.4) is 0 Å². The number of imide groups is 1. The number of ether oxygens (including phenoxy) is 3. The molecule has 8 nitrogen and oxygen atoms in total. The van der Waals surface area contributed by atoms with Crippen molar-refractivity contribution in [3.8, 4) is 11.5 Å². The molecular weight excluding hydrogens is 316 g/mol. The van der Waals surface area contributed by atoms with Crippen molar-refractivity contribution in [3.05, 3.63) is 23.8 Å². The minimum Gasteiger partial charge on any atom is -0.490 e. The highest BCUT2D eigenvalue weighted by Gasteiger charge is 2.14. The molecule has 0 radical (unpaired) electrons. The van der Waals surface area contributed by atoms with Gasteiger partial charge >= 0.3 is 12.0 Å². The van der Waals surface area contributed by atoms with Gasteiger partial charge < -0.3 is 19.9 Å².